The van der Waals surface area contributed by atoms with Crippen molar-refractivity contribution in [2.75, 3.05) is 26.8 Å². The summed E-state index contributed by atoms with van der Waals surface area (Å²) in [6.07, 6.45) is 2.83. The summed E-state index contributed by atoms with van der Waals surface area (Å²) in [5.41, 5.74) is 1.17. The van der Waals surface area contributed by atoms with Gasteiger partial charge in [-0.3, -0.25) is 0 Å². The Morgan fingerprint density at radius 2 is 2.10 bits per heavy atom. The molecule has 21 heavy (non-hydrogen) atoms. The molecule has 2 aromatic rings. The summed E-state index contributed by atoms with van der Waals surface area (Å²) in [7, 11) is 1.71. The molecule has 0 aliphatic rings. The van der Waals surface area contributed by atoms with Gasteiger partial charge in [0, 0.05) is 31.5 Å². The molecular weight excluding hydrogens is 306 g/mol. The molecule has 0 atom stereocenters. The molecule has 6 heteroatoms. The fraction of sp³-hybridized carbons (Fsp3) is 0.467. The SMILES string of the molecule is COCCNCCCc1nnc(Cc2cccc(Cl)c2)s1. The van der Waals surface area contributed by atoms with E-state index >= 15 is 0 Å². The topological polar surface area (TPSA) is 47.0 Å². The number of benzene rings is 1. The van der Waals surface area contributed by atoms with Crippen molar-refractivity contribution in [2.24, 2.45) is 0 Å². The monoisotopic (exact) mass is 325 g/mol. The van der Waals surface area contributed by atoms with Crippen molar-refractivity contribution in [1.29, 1.82) is 0 Å². The molecule has 114 valence electrons. The van der Waals surface area contributed by atoms with Crippen LogP contribution in [0, 0.1) is 0 Å². The largest absolute Gasteiger partial charge is 0.383 e. The summed E-state index contributed by atoms with van der Waals surface area (Å²) < 4.78 is 4.98. The van der Waals surface area contributed by atoms with Gasteiger partial charge in [-0.1, -0.05) is 23.7 Å². The van der Waals surface area contributed by atoms with Crippen molar-refractivity contribution in [3.05, 3.63) is 44.9 Å². The van der Waals surface area contributed by atoms with E-state index in [1.165, 1.54) is 5.56 Å². The van der Waals surface area contributed by atoms with Crippen LogP contribution in [0.15, 0.2) is 24.3 Å². The van der Waals surface area contributed by atoms with Crippen molar-refractivity contribution < 1.29 is 4.74 Å². The molecule has 4 nitrogen and oxygen atoms in total. The Labute approximate surface area is 134 Å². The van der Waals surface area contributed by atoms with Gasteiger partial charge in [0.25, 0.3) is 0 Å². The molecule has 2 rings (SSSR count). The maximum absolute atomic E-state index is 5.99. The highest BCUT2D eigenvalue weighted by molar-refractivity contribution is 7.11. The predicted molar refractivity (Wildman–Crippen MR) is 87.2 cm³/mol. The quantitative estimate of drug-likeness (QED) is 0.720. The second kappa shape index (κ2) is 9.10. The molecule has 0 saturated heterocycles. The van der Waals surface area contributed by atoms with Crippen molar-refractivity contribution in [2.45, 2.75) is 19.3 Å². The van der Waals surface area contributed by atoms with E-state index in [0.29, 0.717) is 0 Å². The number of rotatable bonds is 9. The van der Waals surface area contributed by atoms with Crippen LogP contribution in [-0.2, 0) is 17.6 Å². The maximum atomic E-state index is 5.99. The van der Waals surface area contributed by atoms with Gasteiger partial charge in [-0.05, 0) is 30.7 Å². The Morgan fingerprint density at radius 3 is 2.90 bits per heavy atom. The van der Waals surface area contributed by atoms with Gasteiger partial charge < -0.3 is 10.1 Å². The number of halogens is 1. The van der Waals surface area contributed by atoms with E-state index in [-0.39, 0.29) is 0 Å². The fourth-order valence-corrected chi connectivity index (χ4v) is 3.08. The third kappa shape index (κ3) is 6.09. The minimum absolute atomic E-state index is 0.753. The number of hydrogen-bond donors (Lipinski definition) is 1. The van der Waals surface area contributed by atoms with Crippen LogP contribution in [0.2, 0.25) is 5.02 Å². The van der Waals surface area contributed by atoms with Gasteiger partial charge in [0.15, 0.2) is 0 Å². The van der Waals surface area contributed by atoms with Crippen LogP contribution < -0.4 is 5.32 Å². The van der Waals surface area contributed by atoms with Gasteiger partial charge in [-0.15, -0.1) is 21.5 Å². The van der Waals surface area contributed by atoms with Crippen LogP contribution in [0.25, 0.3) is 0 Å². The lowest BCUT2D eigenvalue weighted by molar-refractivity contribution is 0.199. The Bertz CT molecular complexity index is 547. The number of hydrogen-bond acceptors (Lipinski definition) is 5. The second-order valence-electron chi connectivity index (χ2n) is 4.74. The second-order valence-corrected chi connectivity index (χ2v) is 6.33. The normalized spacial score (nSPS) is 11.0. The van der Waals surface area contributed by atoms with Crippen LogP contribution in [0.1, 0.15) is 22.0 Å². The van der Waals surface area contributed by atoms with Crippen molar-refractivity contribution in [3.8, 4) is 0 Å². The molecule has 0 unspecified atom stereocenters. The highest BCUT2D eigenvalue weighted by atomic mass is 35.5. The summed E-state index contributed by atoms with van der Waals surface area (Å²) in [6.45, 7) is 2.63. The average Bonchev–Trinajstić information content (AvgIpc) is 2.90. The molecule has 1 aromatic heterocycles. The molecule has 0 aliphatic heterocycles. The zero-order valence-corrected chi connectivity index (χ0v) is 13.7. The van der Waals surface area contributed by atoms with E-state index in [4.69, 9.17) is 16.3 Å². The Hall–Kier alpha value is -1.01. The lowest BCUT2D eigenvalue weighted by Crippen LogP contribution is -2.20. The minimum Gasteiger partial charge on any atom is -0.383 e. The molecule has 0 amide bonds. The number of ether oxygens (including phenoxy) is 1. The summed E-state index contributed by atoms with van der Waals surface area (Å²) in [6, 6.07) is 7.88. The summed E-state index contributed by atoms with van der Waals surface area (Å²) in [4.78, 5) is 0. The van der Waals surface area contributed by atoms with E-state index in [1.807, 2.05) is 18.2 Å². The molecule has 0 fully saturated rings. The summed E-state index contributed by atoms with van der Waals surface area (Å²) in [5, 5.41) is 14.7. The van der Waals surface area contributed by atoms with Gasteiger partial charge in [-0.2, -0.15) is 0 Å². The minimum atomic E-state index is 0.753. The van der Waals surface area contributed by atoms with E-state index in [2.05, 4.69) is 21.6 Å². The first kappa shape index (κ1) is 16.4. The molecule has 0 saturated carbocycles. The standard InChI is InChI=1S/C15H20ClN3OS/c1-20-9-8-17-7-3-6-14-18-19-15(21-14)11-12-4-2-5-13(16)10-12/h2,4-5,10,17H,3,6-9,11H2,1H3. The van der Waals surface area contributed by atoms with Crippen molar-refractivity contribution >= 4 is 22.9 Å². The van der Waals surface area contributed by atoms with Crippen LogP contribution in [0.3, 0.4) is 0 Å². The van der Waals surface area contributed by atoms with Gasteiger partial charge in [0.1, 0.15) is 10.0 Å². The van der Waals surface area contributed by atoms with Crippen LogP contribution in [0.4, 0.5) is 0 Å². The molecule has 0 radical (unpaired) electrons. The highest BCUT2D eigenvalue weighted by Gasteiger charge is 2.05. The molecule has 1 heterocycles. The van der Waals surface area contributed by atoms with Crippen LogP contribution in [-0.4, -0.2) is 37.0 Å². The first-order chi connectivity index (χ1) is 10.3. The Kier molecular flexibility index (Phi) is 7.09. The molecule has 1 N–H and O–H groups in total. The average molecular weight is 326 g/mol. The van der Waals surface area contributed by atoms with E-state index < -0.39 is 0 Å². The molecule has 1 aromatic carbocycles. The van der Waals surface area contributed by atoms with E-state index in [0.717, 1.165) is 54.0 Å². The summed E-state index contributed by atoms with van der Waals surface area (Å²) >= 11 is 7.67. The Morgan fingerprint density at radius 1 is 1.24 bits per heavy atom. The number of methoxy groups -OCH3 is 1. The first-order valence-electron chi connectivity index (χ1n) is 7.03. The number of aromatic nitrogens is 2. The van der Waals surface area contributed by atoms with Crippen LogP contribution >= 0.6 is 22.9 Å². The molecule has 0 spiro atoms. The zero-order valence-electron chi connectivity index (χ0n) is 12.1. The first-order valence-corrected chi connectivity index (χ1v) is 8.22. The molecule has 0 bridgehead atoms. The van der Waals surface area contributed by atoms with Gasteiger partial charge in [-0.25, -0.2) is 0 Å². The highest BCUT2D eigenvalue weighted by Crippen LogP contribution is 2.18. The smallest absolute Gasteiger partial charge is 0.121 e. The summed E-state index contributed by atoms with van der Waals surface area (Å²) in [5.74, 6) is 0. The lowest BCUT2D eigenvalue weighted by Gasteiger charge is -2.01. The molecular formula is C15H20ClN3OS. The van der Waals surface area contributed by atoms with Gasteiger partial charge in [0.2, 0.25) is 0 Å². The zero-order chi connectivity index (χ0) is 14.9. The third-order valence-electron chi connectivity index (χ3n) is 2.98. The number of nitrogens with one attached hydrogen (secondary N) is 1. The van der Waals surface area contributed by atoms with E-state index in [1.54, 1.807) is 18.4 Å². The number of nitrogens with zero attached hydrogens (tertiary/aromatic N) is 2. The van der Waals surface area contributed by atoms with E-state index in [9.17, 15) is 0 Å². The molecule has 0 aliphatic carbocycles. The van der Waals surface area contributed by atoms with Gasteiger partial charge in [0.05, 0.1) is 6.61 Å². The lowest BCUT2D eigenvalue weighted by atomic mass is 10.2. The van der Waals surface area contributed by atoms with Crippen molar-refractivity contribution in [1.82, 2.24) is 15.5 Å². The number of aryl methyl sites for hydroxylation is 1. The third-order valence-corrected chi connectivity index (χ3v) is 4.20. The Balaban J connectivity index is 1.74. The van der Waals surface area contributed by atoms with Gasteiger partial charge >= 0.3 is 0 Å². The fourth-order valence-electron chi connectivity index (χ4n) is 1.95. The van der Waals surface area contributed by atoms with Crippen LogP contribution in [0.5, 0.6) is 0 Å². The maximum Gasteiger partial charge on any atom is 0.121 e. The van der Waals surface area contributed by atoms with Crippen molar-refractivity contribution in [3.63, 3.8) is 0 Å². The predicted octanol–water partition coefficient (Wildman–Crippen LogP) is 2.95.